The summed E-state index contributed by atoms with van der Waals surface area (Å²) in [6.45, 7) is 2.25. The summed E-state index contributed by atoms with van der Waals surface area (Å²) in [5.74, 6) is 0.911. The summed E-state index contributed by atoms with van der Waals surface area (Å²) in [5.41, 5.74) is 0.420. The molecule has 1 amide bonds. The van der Waals surface area contributed by atoms with Gasteiger partial charge in [-0.3, -0.25) is 4.79 Å². The summed E-state index contributed by atoms with van der Waals surface area (Å²) in [4.78, 5) is 20.4. The van der Waals surface area contributed by atoms with Gasteiger partial charge in [-0.25, -0.2) is 4.98 Å². The number of amides is 1. The summed E-state index contributed by atoms with van der Waals surface area (Å²) >= 11 is 1.49. The van der Waals surface area contributed by atoms with Crippen LogP contribution in [0.5, 0.6) is 0 Å². The van der Waals surface area contributed by atoms with E-state index in [0.29, 0.717) is 17.3 Å². The zero-order chi connectivity index (χ0) is 15.4. The van der Waals surface area contributed by atoms with Crippen LogP contribution in [0.1, 0.15) is 34.7 Å². The van der Waals surface area contributed by atoms with Crippen molar-refractivity contribution in [3.8, 4) is 11.7 Å². The minimum absolute atomic E-state index is 0.170. The maximum absolute atomic E-state index is 12.0. The van der Waals surface area contributed by atoms with E-state index in [0.717, 1.165) is 17.8 Å². The average Bonchev–Trinajstić information content (AvgIpc) is 3.25. The highest BCUT2D eigenvalue weighted by Gasteiger charge is 2.14. The highest BCUT2D eigenvalue weighted by atomic mass is 32.1. The number of hydrogen-bond donors (Lipinski definition) is 1. The van der Waals surface area contributed by atoms with Crippen LogP contribution in [0.15, 0.2) is 32.7 Å². The van der Waals surface area contributed by atoms with Crippen molar-refractivity contribution in [2.45, 2.75) is 26.3 Å². The molecule has 8 heteroatoms. The number of aryl methyl sites for hydroxylation is 1. The number of rotatable bonds is 6. The third kappa shape index (κ3) is 3.22. The predicted molar refractivity (Wildman–Crippen MR) is 79.3 cm³/mol. The van der Waals surface area contributed by atoms with Gasteiger partial charge in [0, 0.05) is 5.38 Å². The second-order valence-corrected chi connectivity index (χ2v) is 5.49. The van der Waals surface area contributed by atoms with Gasteiger partial charge in [-0.15, -0.1) is 11.3 Å². The van der Waals surface area contributed by atoms with Crippen molar-refractivity contribution in [3.05, 3.63) is 40.3 Å². The monoisotopic (exact) mass is 318 g/mol. The van der Waals surface area contributed by atoms with E-state index >= 15 is 0 Å². The number of carbonyl (C=O) groups excluding carboxylic acids is 1. The molecule has 0 unspecified atom stereocenters. The number of nitrogens with zero attached hydrogens (tertiary/aromatic N) is 3. The Bertz CT molecular complexity index is 748. The molecule has 0 aromatic carbocycles. The molecule has 0 saturated carbocycles. The fourth-order valence-electron chi connectivity index (χ4n) is 1.82. The van der Waals surface area contributed by atoms with Gasteiger partial charge in [-0.1, -0.05) is 12.1 Å². The zero-order valence-corrected chi connectivity index (χ0v) is 12.7. The number of carbonyl (C=O) groups is 1. The molecule has 3 aromatic heterocycles. The van der Waals surface area contributed by atoms with E-state index in [1.807, 2.05) is 0 Å². The smallest absolute Gasteiger partial charge is 0.293 e. The van der Waals surface area contributed by atoms with Gasteiger partial charge in [-0.2, -0.15) is 4.98 Å². The van der Waals surface area contributed by atoms with Crippen molar-refractivity contribution >= 4 is 17.2 Å². The van der Waals surface area contributed by atoms with Crippen molar-refractivity contribution in [1.29, 1.82) is 0 Å². The topological polar surface area (TPSA) is 94.1 Å². The maximum atomic E-state index is 12.0. The van der Waals surface area contributed by atoms with Gasteiger partial charge in [0.15, 0.2) is 11.6 Å². The number of hydrogen-bond acceptors (Lipinski definition) is 7. The first-order valence-electron chi connectivity index (χ1n) is 6.85. The van der Waals surface area contributed by atoms with E-state index in [1.54, 1.807) is 17.5 Å². The molecule has 0 aliphatic carbocycles. The first kappa shape index (κ1) is 14.5. The number of thiazole rings is 1. The maximum Gasteiger partial charge on any atom is 0.293 e. The second-order valence-electron chi connectivity index (χ2n) is 4.55. The molecule has 0 aliphatic heterocycles. The molecule has 0 radical (unpaired) electrons. The van der Waals surface area contributed by atoms with Crippen LogP contribution in [-0.4, -0.2) is 21.0 Å². The van der Waals surface area contributed by atoms with Crippen molar-refractivity contribution < 1.29 is 13.7 Å². The summed E-state index contributed by atoms with van der Waals surface area (Å²) in [5, 5.41) is 9.23. The minimum Gasteiger partial charge on any atom is -0.459 e. The molecule has 114 valence electrons. The normalized spacial score (nSPS) is 10.8. The van der Waals surface area contributed by atoms with E-state index in [2.05, 4.69) is 27.4 Å². The van der Waals surface area contributed by atoms with Gasteiger partial charge in [0.2, 0.25) is 0 Å². The Hall–Kier alpha value is -2.48. The molecule has 22 heavy (non-hydrogen) atoms. The Morgan fingerprint density at radius 2 is 2.32 bits per heavy atom. The second kappa shape index (κ2) is 6.52. The van der Waals surface area contributed by atoms with Crippen LogP contribution in [0.2, 0.25) is 0 Å². The SMILES string of the molecule is CCCc1nc(C(=O)NCc2noc(-c3ccco3)n2)cs1. The summed E-state index contributed by atoms with van der Waals surface area (Å²) < 4.78 is 10.2. The lowest BCUT2D eigenvalue weighted by Gasteiger charge is -1.98. The number of nitrogens with one attached hydrogen (secondary N) is 1. The predicted octanol–water partition coefficient (Wildman–Crippen LogP) is 2.67. The molecule has 3 heterocycles. The molecular weight excluding hydrogens is 304 g/mol. The average molecular weight is 318 g/mol. The van der Waals surface area contributed by atoms with Gasteiger partial charge >= 0.3 is 0 Å². The fourth-order valence-corrected chi connectivity index (χ4v) is 2.70. The number of furan rings is 1. The van der Waals surface area contributed by atoms with Crippen LogP contribution in [0.4, 0.5) is 0 Å². The molecule has 0 saturated heterocycles. The Labute approximate surface area is 130 Å². The van der Waals surface area contributed by atoms with Crippen LogP contribution < -0.4 is 5.32 Å². The molecular formula is C14H14N4O3S. The van der Waals surface area contributed by atoms with E-state index in [4.69, 9.17) is 8.94 Å². The van der Waals surface area contributed by atoms with Gasteiger partial charge in [-0.05, 0) is 25.0 Å². The highest BCUT2D eigenvalue weighted by Crippen LogP contribution is 2.17. The van der Waals surface area contributed by atoms with Crippen LogP contribution in [0.3, 0.4) is 0 Å². The standard InChI is InChI=1S/C14H14N4O3S/c1-2-4-12-16-9(8-22-12)13(19)15-7-11-17-14(21-18-11)10-5-3-6-20-10/h3,5-6,8H,2,4,7H2,1H3,(H,15,19). The quantitative estimate of drug-likeness (QED) is 0.751. The van der Waals surface area contributed by atoms with E-state index in [1.165, 1.54) is 17.6 Å². The van der Waals surface area contributed by atoms with Crippen molar-refractivity contribution in [2.24, 2.45) is 0 Å². The third-order valence-corrected chi connectivity index (χ3v) is 3.76. The van der Waals surface area contributed by atoms with Crippen LogP contribution >= 0.6 is 11.3 Å². The summed E-state index contributed by atoms with van der Waals surface area (Å²) in [6, 6.07) is 3.46. The van der Waals surface area contributed by atoms with Crippen molar-refractivity contribution in [3.63, 3.8) is 0 Å². The summed E-state index contributed by atoms with van der Waals surface area (Å²) in [7, 11) is 0. The molecule has 0 atom stereocenters. The summed E-state index contributed by atoms with van der Waals surface area (Å²) in [6.07, 6.45) is 3.42. The molecule has 3 aromatic rings. The Kier molecular flexibility index (Phi) is 4.29. The van der Waals surface area contributed by atoms with Crippen molar-refractivity contribution in [2.75, 3.05) is 0 Å². The molecule has 0 bridgehead atoms. The Morgan fingerprint density at radius 1 is 1.41 bits per heavy atom. The lowest BCUT2D eigenvalue weighted by Crippen LogP contribution is -2.23. The first-order chi connectivity index (χ1) is 10.8. The zero-order valence-electron chi connectivity index (χ0n) is 11.9. The molecule has 0 fully saturated rings. The fraction of sp³-hybridized carbons (Fsp3) is 0.286. The van der Waals surface area contributed by atoms with Gasteiger partial charge in [0.1, 0.15) is 5.69 Å². The van der Waals surface area contributed by atoms with Crippen LogP contribution in [0.25, 0.3) is 11.7 Å². The molecule has 0 aliphatic rings. The molecule has 1 N–H and O–H groups in total. The van der Waals surface area contributed by atoms with Gasteiger partial charge in [0.25, 0.3) is 11.8 Å². The first-order valence-corrected chi connectivity index (χ1v) is 7.73. The van der Waals surface area contributed by atoms with E-state index in [-0.39, 0.29) is 18.3 Å². The Balaban J connectivity index is 1.58. The van der Waals surface area contributed by atoms with Gasteiger partial charge in [0.05, 0.1) is 17.8 Å². The number of aromatic nitrogens is 3. The largest absolute Gasteiger partial charge is 0.459 e. The van der Waals surface area contributed by atoms with Crippen LogP contribution in [0, 0.1) is 0 Å². The molecule has 0 spiro atoms. The highest BCUT2D eigenvalue weighted by molar-refractivity contribution is 7.09. The minimum atomic E-state index is -0.247. The van der Waals surface area contributed by atoms with E-state index < -0.39 is 0 Å². The molecule has 3 rings (SSSR count). The lowest BCUT2D eigenvalue weighted by atomic mass is 10.3. The van der Waals surface area contributed by atoms with Gasteiger partial charge < -0.3 is 14.3 Å². The van der Waals surface area contributed by atoms with E-state index in [9.17, 15) is 4.79 Å². The lowest BCUT2D eigenvalue weighted by molar-refractivity contribution is 0.0945. The Morgan fingerprint density at radius 3 is 3.09 bits per heavy atom. The van der Waals surface area contributed by atoms with Crippen LogP contribution in [-0.2, 0) is 13.0 Å². The van der Waals surface area contributed by atoms with Crippen molar-refractivity contribution in [1.82, 2.24) is 20.4 Å². The molecule has 7 nitrogen and oxygen atoms in total. The third-order valence-electron chi connectivity index (χ3n) is 2.86.